The molecule has 0 aliphatic heterocycles. The average Bonchev–Trinajstić information content (AvgIpc) is 2.53. The maximum absolute atomic E-state index is 12.7. The molecule has 2 aromatic carbocycles. The van der Waals surface area contributed by atoms with E-state index in [1.165, 1.54) is 0 Å². The number of fused-ring (bicyclic) bond motifs is 1. The Morgan fingerprint density at radius 2 is 1.71 bits per heavy atom. The van der Waals surface area contributed by atoms with E-state index in [-0.39, 0.29) is 11.3 Å². The number of nitrogens with zero attached hydrogens (tertiary/aromatic N) is 1. The van der Waals surface area contributed by atoms with E-state index < -0.39 is 0 Å². The van der Waals surface area contributed by atoms with Gasteiger partial charge >= 0.3 is 0 Å². The van der Waals surface area contributed by atoms with Crippen molar-refractivity contribution in [1.29, 1.82) is 0 Å². The van der Waals surface area contributed by atoms with E-state index in [1.54, 1.807) is 10.6 Å². The van der Waals surface area contributed by atoms with Crippen LogP contribution in [-0.4, -0.2) is 9.67 Å². The lowest BCUT2D eigenvalue weighted by atomic mass is 10.0. The van der Waals surface area contributed by atoms with Crippen LogP contribution in [0, 0.1) is 0 Å². The molecule has 0 amide bonds. The van der Waals surface area contributed by atoms with Gasteiger partial charge in [-0.25, -0.2) is 0 Å². The van der Waals surface area contributed by atoms with Crippen LogP contribution in [0.4, 0.5) is 0 Å². The van der Waals surface area contributed by atoms with E-state index in [0.717, 1.165) is 0 Å². The molecule has 1 N–H and O–H groups in total. The molecule has 3 heteroatoms. The molecule has 3 rings (SSSR count). The van der Waals surface area contributed by atoms with Crippen LogP contribution < -0.4 is 5.56 Å². The van der Waals surface area contributed by atoms with Crippen LogP contribution >= 0.6 is 0 Å². The van der Waals surface area contributed by atoms with Crippen molar-refractivity contribution < 1.29 is 5.11 Å². The van der Waals surface area contributed by atoms with Crippen molar-refractivity contribution in [1.82, 2.24) is 4.57 Å². The topological polar surface area (TPSA) is 42.2 Å². The van der Waals surface area contributed by atoms with Crippen LogP contribution in [0.3, 0.4) is 0 Å². The monoisotopic (exact) mass is 277 g/mol. The fraction of sp³-hybridized carbons (Fsp3) is 0.0556. The zero-order valence-electron chi connectivity index (χ0n) is 11.5. The lowest BCUT2D eigenvalue weighted by Crippen LogP contribution is -2.21. The van der Waals surface area contributed by atoms with Gasteiger partial charge in [0.25, 0.3) is 5.56 Å². The number of allylic oxidation sites excluding steroid dienone is 1. The highest BCUT2D eigenvalue weighted by Gasteiger charge is 2.16. The first-order valence-corrected chi connectivity index (χ1v) is 6.75. The highest BCUT2D eigenvalue weighted by molar-refractivity contribution is 5.92. The third kappa shape index (κ3) is 2.13. The first-order valence-electron chi connectivity index (χ1n) is 6.75. The van der Waals surface area contributed by atoms with Crippen molar-refractivity contribution in [3.05, 3.63) is 77.6 Å². The molecule has 0 atom stereocenters. The highest BCUT2D eigenvalue weighted by atomic mass is 16.3. The Morgan fingerprint density at radius 1 is 1.05 bits per heavy atom. The molecule has 0 saturated carbocycles. The van der Waals surface area contributed by atoms with Gasteiger partial charge in [-0.15, -0.1) is 6.58 Å². The lowest BCUT2D eigenvalue weighted by molar-refractivity contribution is 0.481. The second kappa shape index (κ2) is 5.29. The number of pyridine rings is 1. The summed E-state index contributed by atoms with van der Waals surface area (Å²) in [7, 11) is 0. The predicted octanol–water partition coefficient (Wildman–Crippen LogP) is 3.56. The van der Waals surface area contributed by atoms with Crippen LogP contribution in [0.1, 0.15) is 0 Å². The van der Waals surface area contributed by atoms with E-state index in [9.17, 15) is 9.90 Å². The van der Waals surface area contributed by atoms with Gasteiger partial charge in [-0.1, -0.05) is 48.5 Å². The van der Waals surface area contributed by atoms with Gasteiger partial charge in [0.1, 0.15) is 5.75 Å². The second-order valence-corrected chi connectivity index (χ2v) is 4.81. The average molecular weight is 277 g/mol. The summed E-state index contributed by atoms with van der Waals surface area (Å²) in [6.07, 6.45) is 1.68. The van der Waals surface area contributed by atoms with Crippen LogP contribution in [0.5, 0.6) is 5.75 Å². The summed E-state index contributed by atoms with van der Waals surface area (Å²) < 4.78 is 1.63. The summed E-state index contributed by atoms with van der Waals surface area (Å²) in [5.41, 5.74) is 1.54. The largest absolute Gasteiger partial charge is 0.506 e. The van der Waals surface area contributed by atoms with Gasteiger partial charge in [0.05, 0.1) is 11.1 Å². The number of aromatic hydroxyl groups is 1. The Balaban J connectivity index is 2.46. The molecule has 1 aromatic heterocycles. The summed E-state index contributed by atoms with van der Waals surface area (Å²) in [5, 5.41) is 11.2. The quantitative estimate of drug-likeness (QED) is 0.744. The summed E-state index contributed by atoms with van der Waals surface area (Å²) in [6, 6.07) is 16.6. The van der Waals surface area contributed by atoms with E-state index >= 15 is 0 Å². The number of benzene rings is 2. The number of hydrogen-bond donors (Lipinski definition) is 1. The zero-order chi connectivity index (χ0) is 14.8. The number of aromatic nitrogens is 1. The molecule has 21 heavy (non-hydrogen) atoms. The fourth-order valence-electron chi connectivity index (χ4n) is 2.56. The lowest BCUT2D eigenvalue weighted by Gasteiger charge is -2.13. The first kappa shape index (κ1) is 13.2. The molecule has 0 aliphatic carbocycles. The molecule has 1 heterocycles. The van der Waals surface area contributed by atoms with Crippen LogP contribution in [0.2, 0.25) is 0 Å². The molecule has 0 fully saturated rings. The van der Waals surface area contributed by atoms with Gasteiger partial charge in [-0.2, -0.15) is 0 Å². The highest BCUT2D eigenvalue weighted by Crippen LogP contribution is 2.32. The Hall–Kier alpha value is -2.81. The van der Waals surface area contributed by atoms with Crippen LogP contribution in [0.25, 0.3) is 22.0 Å². The molecule has 0 unspecified atom stereocenters. The SMILES string of the molecule is C=CCn1c(=O)c(-c2ccccc2)c(O)c2ccccc21. The molecule has 0 aliphatic rings. The fourth-order valence-corrected chi connectivity index (χ4v) is 2.56. The van der Waals surface area contributed by atoms with Crippen molar-refractivity contribution in [3.63, 3.8) is 0 Å². The minimum Gasteiger partial charge on any atom is -0.506 e. The van der Waals surface area contributed by atoms with E-state index in [4.69, 9.17) is 0 Å². The second-order valence-electron chi connectivity index (χ2n) is 4.81. The van der Waals surface area contributed by atoms with Crippen LogP contribution in [0.15, 0.2) is 72.0 Å². The summed E-state index contributed by atoms with van der Waals surface area (Å²) >= 11 is 0. The van der Waals surface area contributed by atoms with Crippen molar-refractivity contribution in [3.8, 4) is 16.9 Å². The van der Waals surface area contributed by atoms with Crippen molar-refractivity contribution in [2.75, 3.05) is 0 Å². The third-order valence-electron chi connectivity index (χ3n) is 3.52. The third-order valence-corrected chi connectivity index (χ3v) is 3.52. The molecule has 0 radical (unpaired) electrons. The van der Waals surface area contributed by atoms with Gasteiger partial charge < -0.3 is 9.67 Å². The van der Waals surface area contributed by atoms with Gasteiger partial charge in [0, 0.05) is 11.9 Å². The molecule has 0 saturated heterocycles. The minimum absolute atomic E-state index is 0.0297. The van der Waals surface area contributed by atoms with Gasteiger partial charge in [0.2, 0.25) is 0 Å². The smallest absolute Gasteiger partial charge is 0.262 e. The molecule has 3 aromatic rings. The Morgan fingerprint density at radius 3 is 2.43 bits per heavy atom. The summed E-state index contributed by atoms with van der Waals surface area (Å²) in [4.78, 5) is 12.7. The van der Waals surface area contributed by atoms with Gasteiger partial charge in [0.15, 0.2) is 0 Å². The molecule has 104 valence electrons. The van der Waals surface area contributed by atoms with Crippen molar-refractivity contribution in [2.24, 2.45) is 0 Å². The van der Waals surface area contributed by atoms with Crippen molar-refractivity contribution >= 4 is 10.9 Å². The molecule has 0 spiro atoms. The number of rotatable bonds is 3. The van der Waals surface area contributed by atoms with E-state index in [0.29, 0.717) is 28.6 Å². The molecular weight excluding hydrogens is 262 g/mol. The summed E-state index contributed by atoms with van der Waals surface area (Å²) in [6.45, 7) is 4.11. The number of hydrogen-bond acceptors (Lipinski definition) is 2. The maximum atomic E-state index is 12.7. The van der Waals surface area contributed by atoms with Gasteiger partial charge in [-0.3, -0.25) is 4.79 Å². The predicted molar refractivity (Wildman–Crippen MR) is 85.5 cm³/mol. The summed E-state index contributed by atoms with van der Waals surface area (Å²) in [5.74, 6) is 0.0297. The maximum Gasteiger partial charge on any atom is 0.262 e. The normalized spacial score (nSPS) is 10.7. The molecule has 0 bridgehead atoms. The van der Waals surface area contributed by atoms with Gasteiger partial charge in [-0.05, 0) is 17.7 Å². The standard InChI is InChI=1S/C18H15NO2/c1-2-12-19-15-11-7-6-10-14(15)17(20)16(18(19)21)13-8-4-3-5-9-13/h2-11,20H,1,12H2. The van der Waals surface area contributed by atoms with Crippen LogP contribution in [-0.2, 0) is 6.54 Å². The van der Waals surface area contributed by atoms with E-state index in [1.807, 2.05) is 54.6 Å². The first-order chi connectivity index (χ1) is 10.2. The van der Waals surface area contributed by atoms with Crippen molar-refractivity contribution in [2.45, 2.75) is 6.54 Å². The Labute approximate surface area is 122 Å². The zero-order valence-corrected chi connectivity index (χ0v) is 11.5. The Kier molecular flexibility index (Phi) is 3.32. The molecule has 3 nitrogen and oxygen atoms in total. The van der Waals surface area contributed by atoms with E-state index in [2.05, 4.69) is 6.58 Å². The Bertz CT molecular complexity index is 864. The minimum atomic E-state index is -0.211. The number of para-hydroxylation sites is 1. The molecular formula is C18H15NO2.